The number of ether oxygens (including phenoxy) is 2. The zero-order chi connectivity index (χ0) is 18.0. The second-order valence-electron chi connectivity index (χ2n) is 6.10. The number of alkyl halides is 3. The molecular formula is C17H22F3NO3. The Morgan fingerprint density at radius 3 is 2.50 bits per heavy atom. The number of carbonyl (C=O) groups is 1. The molecule has 1 aliphatic carbocycles. The lowest BCUT2D eigenvalue weighted by Crippen LogP contribution is -2.45. The van der Waals surface area contributed by atoms with Crippen LogP contribution in [0.4, 0.5) is 18.9 Å². The molecule has 24 heavy (non-hydrogen) atoms. The molecule has 1 amide bonds. The van der Waals surface area contributed by atoms with Crippen molar-refractivity contribution >= 4 is 11.6 Å². The van der Waals surface area contributed by atoms with Crippen LogP contribution in [0.3, 0.4) is 0 Å². The van der Waals surface area contributed by atoms with E-state index >= 15 is 0 Å². The number of amides is 1. The Labute approximate surface area is 139 Å². The zero-order valence-electron chi connectivity index (χ0n) is 14.0. The van der Waals surface area contributed by atoms with Crippen molar-refractivity contribution in [2.45, 2.75) is 44.9 Å². The van der Waals surface area contributed by atoms with E-state index in [1.54, 1.807) is 6.92 Å². The number of hydrogen-bond acceptors (Lipinski definition) is 3. The maximum atomic E-state index is 13.1. The Kier molecular flexibility index (Phi) is 5.42. The Morgan fingerprint density at radius 1 is 1.33 bits per heavy atom. The van der Waals surface area contributed by atoms with Crippen molar-refractivity contribution in [3.05, 3.63) is 23.8 Å². The minimum atomic E-state index is -4.56. The molecule has 7 heteroatoms. The Bertz CT molecular complexity index is 599. The van der Waals surface area contributed by atoms with Gasteiger partial charge in [0.2, 0.25) is 0 Å². The molecule has 1 atom stereocenters. The van der Waals surface area contributed by atoms with Gasteiger partial charge in [-0.15, -0.1) is 0 Å². The highest BCUT2D eigenvalue weighted by Crippen LogP contribution is 2.43. The summed E-state index contributed by atoms with van der Waals surface area (Å²) in [6.45, 7) is 4.06. The molecule has 0 aromatic heterocycles. The summed E-state index contributed by atoms with van der Waals surface area (Å²) in [6, 6.07) is 3.46. The molecule has 1 unspecified atom stereocenters. The van der Waals surface area contributed by atoms with E-state index in [0.717, 1.165) is 25.3 Å². The number of nitrogens with one attached hydrogen (secondary N) is 1. The van der Waals surface area contributed by atoms with Gasteiger partial charge in [0.25, 0.3) is 5.91 Å². The minimum absolute atomic E-state index is 0.0695. The molecule has 0 bridgehead atoms. The van der Waals surface area contributed by atoms with Gasteiger partial charge in [0, 0.05) is 12.3 Å². The SMILES string of the molecule is CCCOC(C)(C(=O)Nc1ccc(OC)c(C(F)(F)F)c1)C1CC1. The van der Waals surface area contributed by atoms with Crippen LogP contribution in [0.25, 0.3) is 0 Å². The fraction of sp³-hybridized carbons (Fsp3) is 0.588. The third kappa shape index (κ3) is 4.01. The van der Waals surface area contributed by atoms with Crippen LogP contribution in [-0.4, -0.2) is 25.2 Å². The van der Waals surface area contributed by atoms with Crippen LogP contribution in [0.2, 0.25) is 0 Å². The molecule has 1 aromatic rings. The Morgan fingerprint density at radius 2 is 2.00 bits per heavy atom. The fourth-order valence-electron chi connectivity index (χ4n) is 2.58. The van der Waals surface area contributed by atoms with Crippen molar-refractivity contribution in [3.63, 3.8) is 0 Å². The maximum absolute atomic E-state index is 13.1. The van der Waals surface area contributed by atoms with Crippen molar-refractivity contribution in [2.24, 2.45) is 5.92 Å². The van der Waals surface area contributed by atoms with Gasteiger partial charge >= 0.3 is 6.18 Å². The van der Waals surface area contributed by atoms with Gasteiger partial charge in [0.1, 0.15) is 11.4 Å². The molecule has 0 radical (unpaired) electrons. The number of methoxy groups -OCH3 is 1. The summed E-state index contributed by atoms with van der Waals surface area (Å²) in [5, 5.41) is 2.56. The monoisotopic (exact) mass is 345 g/mol. The molecule has 0 saturated heterocycles. The van der Waals surface area contributed by atoms with Crippen molar-refractivity contribution in [2.75, 3.05) is 19.0 Å². The first kappa shape index (κ1) is 18.6. The van der Waals surface area contributed by atoms with E-state index in [0.29, 0.717) is 6.61 Å². The quantitative estimate of drug-likeness (QED) is 0.804. The molecule has 1 saturated carbocycles. The third-order valence-electron chi connectivity index (χ3n) is 4.18. The van der Waals surface area contributed by atoms with E-state index < -0.39 is 23.2 Å². The summed E-state index contributed by atoms with van der Waals surface area (Å²) in [6.07, 6.45) is -2.05. The van der Waals surface area contributed by atoms with Crippen LogP contribution in [0.15, 0.2) is 18.2 Å². The first-order chi connectivity index (χ1) is 11.2. The molecule has 0 aliphatic heterocycles. The molecule has 2 rings (SSSR count). The number of benzene rings is 1. The Balaban J connectivity index is 2.21. The topological polar surface area (TPSA) is 47.6 Å². The van der Waals surface area contributed by atoms with E-state index in [9.17, 15) is 18.0 Å². The predicted octanol–water partition coefficient (Wildman–Crippen LogP) is 4.25. The lowest BCUT2D eigenvalue weighted by Gasteiger charge is -2.29. The van der Waals surface area contributed by atoms with E-state index in [1.165, 1.54) is 19.2 Å². The van der Waals surface area contributed by atoms with Crippen LogP contribution in [0.5, 0.6) is 5.75 Å². The van der Waals surface area contributed by atoms with Gasteiger partial charge in [-0.3, -0.25) is 4.79 Å². The lowest BCUT2D eigenvalue weighted by molar-refractivity contribution is -0.142. The molecule has 0 spiro atoms. The normalized spacial score (nSPS) is 17.2. The highest BCUT2D eigenvalue weighted by atomic mass is 19.4. The van der Waals surface area contributed by atoms with E-state index in [-0.39, 0.29) is 17.4 Å². The average Bonchev–Trinajstić information content (AvgIpc) is 3.36. The van der Waals surface area contributed by atoms with Crippen molar-refractivity contribution in [1.82, 2.24) is 0 Å². The van der Waals surface area contributed by atoms with Crippen molar-refractivity contribution in [3.8, 4) is 5.75 Å². The second kappa shape index (κ2) is 7.01. The first-order valence-electron chi connectivity index (χ1n) is 7.93. The van der Waals surface area contributed by atoms with Gasteiger partial charge in [-0.1, -0.05) is 6.92 Å². The largest absolute Gasteiger partial charge is 0.496 e. The van der Waals surface area contributed by atoms with Gasteiger partial charge in [-0.2, -0.15) is 13.2 Å². The summed E-state index contributed by atoms with van der Waals surface area (Å²) >= 11 is 0. The molecule has 1 aromatic carbocycles. The van der Waals surface area contributed by atoms with Crippen LogP contribution >= 0.6 is 0 Å². The number of carbonyl (C=O) groups excluding carboxylic acids is 1. The average molecular weight is 345 g/mol. The zero-order valence-corrected chi connectivity index (χ0v) is 14.0. The van der Waals surface area contributed by atoms with Gasteiger partial charge in [-0.25, -0.2) is 0 Å². The number of rotatable bonds is 7. The lowest BCUT2D eigenvalue weighted by atomic mass is 9.98. The van der Waals surface area contributed by atoms with E-state index in [1.807, 2.05) is 6.92 Å². The molecule has 1 fully saturated rings. The molecule has 4 nitrogen and oxygen atoms in total. The van der Waals surface area contributed by atoms with Crippen LogP contribution < -0.4 is 10.1 Å². The summed E-state index contributed by atoms with van der Waals surface area (Å²) < 4.78 is 49.7. The van der Waals surface area contributed by atoms with Crippen LogP contribution in [0.1, 0.15) is 38.7 Å². The summed E-state index contributed by atoms with van der Waals surface area (Å²) in [7, 11) is 1.17. The minimum Gasteiger partial charge on any atom is -0.496 e. The highest BCUT2D eigenvalue weighted by molar-refractivity contribution is 5.97. The first-order valence-corrected chi connectivity index (χ1v) is 7.93. The third-order valence-corrected chi connectivity index (χ3v) is 4.18. The molecule has 134 valence electrons. The number of anilines is 1. The number of halogens is 3. The van der Waals surface area contributed by atoms with Gasteiger partial charge in [0.05, 0.1) is 12.7 Å². The number of hydrogen-bond donors (Lipinski definition) is 1. The van der Waals surface area contributed by atoms with Gasteiger partial charge in [-0.05, 0) is 50.3 Å². The van der Waals surface area contributed by atoms with Crippen molar-refractivity contribution in [1.29, 1.82) is 0 Å². The van der Waals surface area contributed by atoms with E-state index in [2.05, 4.69) is 5.32 Å². The summed E-state index contributed by atoms with van der Waals surface area (Å²) in [4.78, 5) is 12.6. The van der Waals surface area contributed by atoms with Crippen LogP contribution in [0, 0.1) is 5.92 Å². The maximum Gasteiger partial charge on any atom is 0.420 e. The standard InChI is InChI=1S/C17H22F3NO3/c1-4-9-24-16(2,11-5-6-11)15(22)21-12-7-8-14(23-3)13(10-12)17(18,19)20/h7-8,10-11H,4-6,9H2,1-3H3,(H,21,22). The fourth-order valence-corrected chi connectivity index (χ4v) is 2.58. The van der Waals surface area contributed by atoms with Crippen LogP contribution in [-0.2, 0) is 15.7 Å². The summed E-state index contributed by atoms with van der Waals surface area (Å²) in [5.41, 5.74) is -1.88. The van der Waals surface area contributed by atoms with E-state index in [4.69, 9.17) is 9.47 Å². The second-order valence-corrected chi connectivity index (χ2v) is 6.10. The Hall–Kier alpha value is -1.76. The van der Waals surface area contributed by atoms with Gasteiger partial charge < -0.3 is 14.8 Å². The molecule has 1 N–H and O–H groups in total. The van der Waals surface area contributed by atoms with Gasteiger partial charge in [0.15, 0.2) is 0 Å². The van der Waals surface area contributed by atoms with Crippen molar-refractivity contribution < 1.29 is 27.4 Å². The highest BCUT2D eigenvalue weighted by Gasteiger charge is 2.48. The molecular weight excluding hydrogens is 323 g/mol. The smallest absolute Gasteiger partial charge is 0.420 e. The molecule has 1 aliphatic rings. The molecule has 0 heterocycles. The summed E-state index contributed by atoms with van der Waals surface area (Å²) in [5.74, 6) is -0.603. The predicted molar refractivity (Wildman–Crippen MR) is 84.0 cm³/mol.